The summed E-state index contributed by atoms with van der Waals surface area (Å²) in [5, 5.41) is 17.5. The Bertz CT molecular complexity index is 2020. The largest absolute Gasteiger partial charge is 0.417 e. The third kappa shape index (κ3) is 20.7. The van der Waals surface area contributed by atoms with Crippen molar-refractivity contribution in [2.24, 2.45) is 11.8 Å². The molecule has 2 aromatic heterocycles. The molecule has 0 spiro atoms. The van der Waals surface area contributed by atoms with Crippen LogP contribution in [0.3, 0.4) is 0 Å². The van der Waals surface area contributed by atoms with Crippen LogP contribution in [0.5, 0.6) is 0 Å². The fourth-order valence-electron chi connectivity index (χ4n) is 8.32. The maximum Gasteiger partial charge on any atom is 0.192 e. The number of aliphatic hydroxyl groups excluding tert-OH is 1. The number of ether oxygens (including phenoxy) is 2. The van der Waals surface area contributed by atoms with Gasteiger partial charge in [0.25, 0.3) is 0 Å². The van der Waals surface area contributed by atoms with Crippen molar-refractivity contribution < 1.29 is 32.3 Å². The number of halogens is 1. The molecule has 4 heterocycles. The molecule has 0 aromatic carbocycles. The number of aryl methyl sites for hydroxylation is 2. The summed E-state index contributed by atoms with van der Waals surface area (Å²) in [5.74, 6) is 1.08. The van der Waals surface area contributed by atoms with Gasteiger partial charge >= 0.3 is 0 Å². The molecule has 8 atom stereocenters. The Hall–Kier alpha value is 0.0575. The SMILES string of the molecule is C/C(=C\c1csc(C)n1)[C@H](C[C@@H]1O[C@]1(CI)CCC[C@H](C)CO[Si](C)(C)C(C)(C)C)O[Si](C)(C)C(C)(C)C.C/C(=C\c1csc(C)n1)[C@H](C[C@@H]1O[C@]1(CO)CCC[C@H](C)CO[Si](C)(C)C(C)(C)C)O[Si](C)(C)C(C)(C)C. The van der Waals surface area contributed by atoms with Crippen molar-refractivity contribution in [1.82, 2.24) is 9.97 Å². The second kappa shape index (κ2) is 27.6. The quantitative estimate of drug-likeness (QED) is 0.0386. The van der Waals surface area contributed by atoms with Crippen LogP contribution in [-0.2, 0) is 27.2 Å². The summed E-state index contributed by atoms with van der Waals surface area (Å²) in [7, 11) is -7.36. The topological polar surface area (TPSA) is 108 Å². The molecular weight excluding hydrogens is 1160 g/mol. The predicted octanol–water partition coefficient (Wildman–Crippen LogP) is 18.6. The summed E-state index contributed by atoms with van der Waals surface area (Å²) in [4.78, 5) is 9.31. The van der Waals surface area contributed by atoms with Crippen LogP contribution in [0.1, 0.15) is 184 Å². The molecule has 76 heavy (non-hydrogen) atoms. The van der Waals surface area contributed by atoms with Gasteiger partial charge in [0.15, 0.2) is 33.3 Å². The van der Waals surface area contributed by atoms with E-state index in [0.29, 0.717) is 11.8 Å². The molecule has 0 unspecified atom stereocenters. The van der Waals surface area contributed by atoms with Crippen LogP contribution >= 0.6 is 45.3 Å². The Labute approximate surface area is 492 Å². The van der Waals surface area contributed by atoms with Crippen molar-refractivity contribution in [3.05, 3.63) is 43.3 Å². The smallest absolute Gasteiger partial charge is 0.192 e. The van der Waals surface area contributed by atoms with Gasteiger partial charge in [0, 0.05) is 41.2 Å². The van der Waals surface area contributed by atoms with Crippen LogP contribution in [-0.4, -0.2) is 108 Å². The fourth-order valence-corrected chi connectivity index (χ4v) is 15.5. The van der Waals surface area contributed by atoms with Crippen molar-refractivity contribution in [2.45, 2.75) is 284 Å². The molecule has 4 rings (SSSR count). The van der Waals surface area contributed by atoms with Crippen LogP contribution in [0.15, 0.2) is 21.9 Å². The van der Waals surface area contributed by atoms with E-state index < -0.39 is 38.9 Å². The maximum absolute atomic E-state index is 10.3. The molecule has 440 valence electrons. The standard InChI is InChI=1S/C30H56INO3SSi2.C30H57NO4SSi2/c1-22(19-33-37(10,11)28(4,5)6)15-14-16-30(21-31)27(34-30)18-26(35-38(12,13)29(7,8)9)23(2)17-25-20-36-24(3)32-25;1-22(19-33-37(10,11)28(4,5)6)15-14-16-30(21-32)27(34-30)18-26(35-38(12,13)29(7,8)9)23(2)17-25-20-36-24(3)31-25/h17,20,22,26-27H,14-16,18-19,21H2,1-13H3;17,20,22,26-27,32H,14-16,18-19,21H2,1-13H3/b2*23-17+/t2*22-,26-,27-,30-/m00/s1. The molecule has 16 heteroatoms. The molecule has 2 aliphatic heterocycles. The first-order chi connectivity index (χ1) is 34.5. The monoisotopic (exact) mass is 1280 g/mol. The lowest BCUT2D eigenvalue weighted by Crippen LogP contribution is -2.44. The number of alkyl halides is 1. The number of hydrogen-bond acceptors (Lipinski definition) is 11. The Balaban J connectivity index is 0.000000400. The molecular formula is C60H113IN2O7S2Si4. The van der Waals surface area contributed by atoms with Crippen molar-refractivity contribution in [3.8, 4) is 0 Å². The van der Waals surface area contributed by atoms with Gasteiger partial charge in [-0.15, -0.1) is 22.7 Å². The van der Waals surface area contributed by atoms with E-state index in [4.69, 9.17) is 27.2 Å². The third-order valence-corrected chi connectivity index (χ3v) is 39.2. The summed E-state index contributed by atoms with van der Waals surface area (Å²) < 4.78 is 40.7. The molecule has 0 radical (unpaired) electrons. The normalized spacial score (nSPS) is 23.0. The zero-order valence-electron chi connectivity index (χ0n) is 53.2. The van der Waals surface area contributed by atoms with Crippen LogP contribution in [0.25, 0.3) is 12.2 Å². The number of thiazole rings is 2. The number of nitrogens with zero attached hydrogens (tertiary/aromatic N) is 2. The van der Waals surface area contributed by atoms with E-state index in [0.717, 1.165) is 77.6 Å². The number of aliphatic hydroxyl groups is 1. The zero-order valence-corrected chi connectivity index (χ0v) is 61.0. The lowest BCUT2D eigenvalue weighted by molar-refractivity contribution is 0.156. The summed E-state index contributed by atoms with van der Waals surface area (Å²) in [6.07, 6.45) is 12.8. The molecule has 2 aliphatic rings. The first-order valence-electron chi connectivity index (χ1n) is 28.8. The van der Waals surface area contributed by atoms with E-state index in [1.165, 1.54) is 24.0 Å². The number of hydrogen-bond donors (Lipinski definition) is 1. The highest BCUT2D eigenvalue weighted by Crippen LogP contribution is 2.49. The Morgan fingerprint density at radius 1 is 0.618 bits per heavy atom. The fraction of sp³-hybridized carbons (Fsp3) is 0.833. The minimum absolute atomic E-state index is 0.00684. The van der Waals surface area contributed by atoms with E-state index in [1.54, 1.807) is 22.7 Å². The lowest BCUT2D eigenvalue weighted by atomic mass is 9.92. The molecule has 1 N–H and O–H groups in total. The van der Waals surface area contributed by atoms with E-state index in [9.17, 15) is 5.11 Å². The summed E-state index contributed by atoms with van der Waals surface area (Å²) in [5.41, 5.74) is 4.03. The summed E-state index contributed by atoms with van der Waals surface area (Å²) >= 11 is 5.90. The van der Waals surface area contributed by atoms with Gasteiger partial charge in [-0.1, -0.05) is 132 Å². The van der Waals surface area contributed by atoms with Gasteiger partial charge in [0.05, 0.1) is 52.4 Å². The van der Waals surface area contributed by atoms with E-state index >= 15 is 0 Å². The van der Waals surface area contributed by atoms with E-state index in [2.05, 4.69) is 226 Å². The maximum atomic E-state index is 10.3. The Morgan fingerprint density at radius 3 is 1.25 bits per heavy atom. The number of rotatable bonds is 28. The van der Waals surface area contributed by atoms with Gasteiger partial charge in [-0.05, 0) is 161 Å². The second-order valence-corrected chi connectivity index (χ2v) is 51.4. The van der Waals surface area contributed by atoms with Crippen molar-refractivity contribution in [1.29, 1.82) is 0 Å². The highest BCUT2D eigenvalue weighted by atomic mass is 127. The highest BCUT2D eigenvalue weighted by molar-refractivity contribution is 14.1. The Kier molecular flexibility index (Phi) is 25.6. The van der Waals surface area contributed by atoms with Crippen molar-refractivity contribution >= 4 is 90.7 Å². The molecule has 9 nitrogen and oxygen atoms in total. The van der Waals surface area contributed by atoms with E-state index in [-0.39, 0.29) is 56.8 Å². The summed E-state index contributed by atoms with van der Waals surface area (Å²) in [6.45, 7) is 61.1. The van der Waals surface area contributed by atoms with Crippen LogP contribution in [0, 0.1) is 25.7 Å². The van der Waals surface area contributed by atoms with Gasteiger partial charge in [0.1, 0.15) is 11.2 Å². The highest BCUT2D eigenvalue weighted by Gasteiger charge is 2.57. The Morgan fingerprint density at radius 2 is 0.947 bits per heavy atom. The molecule has 0 saturated carbocycles. The molecule has 2 aromatic rings. The first-order valence-corrected chi connectivity index (χ1v) is 43.7. The molecule has 2 saturated heterocycles. The predicted molar refractivity (Wildman–Crippen MR) is 348 cm³/mol. The third-order valence-electron chi connectivity index (χ3n) is 18.4. The van der Waals surface area contributed by atoms with Gasteiger partial charge in [0.2, 0.25) is 0 Å². The van der Waals surface area contributed by atoms with Crippen molar-refractivity contribution in [3.63, 3.8) is 0 Å². The van der Waals surface area contributed by atoms with Gasteiger partial charge in [-0.3, -0.25) is 0 Å². The molecule has 0 bridgehead atoms. The lowest BCUT2D eigenvalue weighted by Gasteiger charge is -2.39. The summed E-state index contributed by atoms with van der Waals surface area (Å²) in [6, 6.07) is 0. The van der Waals surface area contributed by atoms with Gasteiger partial charge in [-0.2, -0.15) is 0 Å². The molecule has 2 fully saturated rings. The number of epoxide rings is 2. The van der Waals surface area contributed by atoms with E-state index in [1.807, 2.05) is 6.92 Å². The van der Waals surface area contributed by atoms with Crippen LogP contribution < -0.4 is 0 Å². The minimum atomic E-state index is -2.00. The minimum Gasteiger partial charge on any atom is -0.417 e. The van der Waals surface area contributed by atoms with Crippen LogP contribution in [0.2, 0.25) is 72.5 Å². The average molecular weight is 1280 g/mol. The average Bonchev–Trinajstić information content (AvgIpc) is 4.02. The number of aromatic nitrogens is 2. The second-order valence-electron chi connectivity index (χ2n) is 29.3. The van der Waals surface area contributed by atoms with Crippen molar-refractivity contribution in [2.75, 3.05) is 24.2 Å². The molecule has 0 amide bonds. The van der Waals surface area contributed by atoms with Gasteiger partial charge < -0.3 is 32.3 Å². The van der Waals surface area contributed by atoms with Crippen LogP contribution in [0.4, 0.5) is 0 Å². The first kappa shape index (κ1) is 70.3. The molecule has 0 aliphatic carbocycles. The van der Waals surface area contributed by atoms with Gasteiger partial charge in [-0.25, -0.2) is 9.97 Å². The zero-order chi connectivity index (χ0) is 58.3.